The van der Waals surface area contributed by atoms with Crippen LogP contribution in [0.2, 0.25) is 0 Å². The molecule has 4 heterocycles. The fraction of sp³-hybridized carbons (Fsp3) is 0.286. The van der Waals surface area contributed by atoms with Crippen LogP contribution in [0.15, 0.2) is 36.8 Å². The van der Waals surface area contributed by atoms with Gasteiger partial charge in [-0.25, -0.2) is 9.97 Å². The van der Waals surface area contributed by atoms with E-state index in [1.54, 1.807) is 24.5 Å². The van der Waals surface area contributed by atoms with Gasteiger partial charge in [0.25, 0.3) is 5.91 Å². The predicted octanol–water partition coefficient (Wildman–Crippen LogP) is 1.29. The Morgan fingerprint density at radius 1 is 1.22 bits per heavy atom. The molecule has 166 valence electrons. The van der Waals surface area contributed by atoms with Crippen molar-refractivity contribution in [3.63, 3.8) is 0 Å². The second kappa shape index (κ2) is 9.02. The van der Waals surface area contributed by atoms with Crippen molar-refractivity contribution >= 4 is 28.9 Å². The lowest BCUT2D eigenvalue weighted by molar-refractivity contribution is 0.102. The van der Waals surface area contributed by atoms with Crippen molar-refractivity contribution in [2.24, 2.45) is 5.73 Å². The number of nitrogens with one attached hydrogen (secondary N) is 1. The third-order valence-corrected chi connectivity index (χ3v) is 5.23. The Bertz CT molecular complexity index is 1140. The van der Waals surface area contributed by atoms with Crippen LogP contribution in [-0.4, -0.2) is 52.1 Å². The first-order valence-corrected chi connectivity index (χ1v) is 10.2. The van der Waals surface area contributed by atoms with Crippen molar-refractivity contribution in [2.75, 3.05) is 41.9 Å². The SMILES string of the molecule is COc1nc(N)ncc1-c1ccc(N)c(C(=O)Nc2cnccc2N2CCCC(N)C2)n1. The van der Waals surface area contributed by atoms with Gasteiger partial charge >= 0.3 is 0 Å². The molecule has 11 nitrogen and oxygen atoms in total. The van der Waals surface area contributed by atoms with E-state index in [1.807, 2.05) is 6.07 Å². The van der Waals surface area contributed by atoms with Crippen LogP contribution in [0.25, 0.3) is 11.3 Å². The summed E-state index contributed by atoms with van der Waals surface area (Å²) in [5.41, 5.74) is 20.4. The quantitative estimate of drug-likeness (QED) is 0.457. The molecule has 4 rings (SSSR count). The molecular weight excluding hydrogens is 410 g/mol. The molecule has 0 bridgehead atoms. The van der Waals surface area contributed by atoms with Crippen molar-refractivity contribution in [3.05, 3.63) is 42.5 Å². The van der Waals surface area contributed by atoms with Gasteiger partial charge in [-0.05, 0) is 31.0 Å². The average Bonchev–Trinajstić information content (AvgIpc) is 2.79. The average molecular weight is 435 g/mol. The minimum atomic E-state index is -0.463. The molecule has 3 aromatic heterocycles. The van der Waals surface area contributed by atoms with E-state index >= 15 is 0 Å². The Morgan fingerprint density at radius 3 is 2.84 bits per heavy atom. The molecule has 1 atom stereocenters. The lowest BCUT2D eigenvalue weighted by atomic mass is 10.1. The van der Waals surface area contributed by atoms with Gasteiger partial charge in [0.1, 0.15) is 0 Å². The second-order valence-corrected chi connectivity index (χ2v) is 7.48. The Morgan fingerprint density at radius 2 is 2.06 bits per heavy atom. The molecule has 3 aromatic rings. The van der Waals surface area contributed by atoms with Crippen LogP contribution < -0.4 is 32.2 Å². The van der Waals surface area contributed by atoms with Crippen LogP contribution >= 0.6 is 0 Å². The van der Waals surface area contributed by atoms with E-state index in [1.165, 1.54) is 13.3 Å². The zero-order valence-electron chi connectivity index (χ0n) is 17.7. The number of piperidine rings is 1. The minimum Gasteiger partial charge on any atom is -0.480 e. The number of carbonyl (C=O) groups excluding carboxylic acids is 1. The monoisotopic (exact) mass is 435 g/mol. The van der Waals surface area contributed by atoms with E-state index < -0.39 is 5.91 Å². The van der Waals surface area contributed by atoms with E-state index in [4.69, 9.17) is 21.9 Å². The fourth-order valence-corrected chi connectivity index (χ4v) is 3.68. The van der Waals surface area contributed by atoms with Gasteiger partial charge in [0.15, 0.2) is 5.69 Å². The third kappa shape index (κ3) is 4.37. The molecule has 1 aliphatic heterocycles. The topological polar surface area (TPSA) is 171 Å². The molecule has 0 aromatic carbocycles. The number of nitrogen functional groups attached to an aromatic ring is 2. The van der Waals surface area contributed by atoms with E-state index in [-0.39, 0.29) is 29.3 Å². The van der Waals surface area contributed by atoms with Crippen LogP contribution in [0.5, 0.6) is 5.88 Å². The van der Waals surface area contributed by atoms with Crippen molar-refractivity contribution < 1.29 is 9.53 Å². The molecule has 0 aliphatic carbocycles. The second-order valence-electron chi connectivity index (χ2n) is 7.48. The molecule has 0 saturated carbocycles. The van der Waals surface area contributed by atoms with Crippen LogP contribution in [0, 0.1) is 0 Å². The molecular formula is C21H25N9O2. The van der Waals surface area contributed by atoms with Gasteiger partial charge in [-0.1, -0.05) is 0 Å². The lowest BCUT2D eigenvalue weighted by Gasteiger charge is -2.33. The fourth-order valence-electron chi connectivity index (χ4n) is 3.68. The van der Waals surface area contributed by atoms with E-state index in [9.17, 15) is 4.79 Å². The van der Waals surface area contributed by atoms with Crippen molar-refractivity contribution in [1.29, 1.82) is 0 Å². The number of nitrogens with zero attached hydrogens (tertiary/aromatic N) is 5. The number of ether oxygens (including phenoxy) is 1. The van der Waals surface area contributed by atoms with Crippen LogP contribution in [0.4, 0.5) is 23.0 Å². The summed E-state index contributed by atoms with van der Waals surface area (Å²) in [7, 11) is 1.46. The predicted molar refractivity (Wildman–Crippen MR) is 122 cm³/mol. The van der Waals surface area contributed by atoms with Crippen molar-refractivity contribution in [2.45, 2.75) is 18.9 Å². The molecule has 0 radical (unpaired) electrons. The Labute approximate surface area is 185 Å². The standard InChI is InChI=1S/C21H25N9O2/c1-32-20-13(9-26-21(24)29-20)15-5-4-14(23)18(27-15)19(31)28-16-10-25-7-6-17(16)30-8-2-3-12(22)11-30/h4-7,9-10,12H,2-3,8,11,22-23H2,1H3,(H,28,31)(H2,24,26,29). The number of hydrogen-bond donors (Lipinski definition) is 4. The van der Waals surface area contributed by atoms with E-state index in [0.717, 1.165) is 25.1 Å². The smallest absolute Gasteiger partial charge is 0.276 e. The highest BCUT2D eigenvalue weighted by atomic mass is 16.5. The first-order chi connectivity index (χ1) is 15.5. The zero-order valence-corrected chi connectivity index (χ0v) is 17.7. The largest absolute Gasteiger partial charge is 0.480 e. The van der Waals surface area contributed by atoms with Crippen LogP contribution in [-0.2, 0) is 0 Å². The van der Waals surface area contributed by atoms with Gasteiger partial charge in [0.2, 0.25) is 11.8 Å². The van der Waals surface area contributed by atoms with E-state index in [0.29, 0.717) is 23.5 Å². The number of pyridine rings is 2. The maximum Gasteiger partial charge on any atom is 0.276 e. The van der Waals surface area contributed by atoms with Crippen LogP contribution in [0.1, 0.15) is 23.3 Å². The maximum atomic E-state index is 13.1. The first-order valence-electron chi connectivity index (χ1n) is 10.2. The summed E-state index contributed by atoms with van der Waals surface area (Å²) in [5, 5.41) is 2.89. The summed E-state index contributed by atoms with van der Waals surface area (Å²) in [6, 6.07) is 5.21. The van der Waals surface area contributed by atoms with Gasteiger partial charge in [-0.15, -0.1) is 0 Å². The van der Waals surface area contributed by atoms with Crippen molar-refractivity contribution in [1.82, 2.24) is 19.9 Å². The summed E-state index contributed by atoms with van der Waals surface area (Å²) >= 11 is 0. The number of nitrogens with two attached hydrogens (primary N) is 3. The third-order valence-electron chi connectivity index (χ3n) is 5.23. The number of carbonyl (C=O) groups is 1. The summed E-state index contributed by atoms with van der Waals surface area (Å²) in [6.07, 6.45) is 6.74. The normalized spacial score (nSPS) is 15.9. The molecule has 1 unspecified atom stereocenters. The highest BCUT2D eigenvalue weighted by Gasteiger charge is 2.22. The molecule has 1 amide bonds. The van der Waals surface area contributed by atoms with Gasteiger partial charge in [0.05, 0.1) is 41.6 Å². The zero-order chi connectivity index (χ0) is 22.7. The highest BCUT2D eigenvalue weighted by molar-refractivity contribution is 6.08. The molecule has 11 heteroatoms. The molecule has 1 saturated heterocycles. The highest BCUT2D eigenvalue weighted by Crippen LogP contribution is 2.30. The van der Waals surface area contributed by atoms with Crippen molar-refractivity contribution in [3.8, 4) is 17.1 Å². The number of anilines is 4. The Hall–Kier alpha value is -3.99. The number of aromatic nitrogens is 4. The number of rotatable bonds is 5. The molecule has 0 spiro atoms. The summed E-state index contributed by atoms with van der Waals surface area (Å²) < 4.78 is 5.27. The Balaban J connectivity index is 1.64. The maximum absolute atomic E-state index is 13.1. The molecule has 1 fully saturated rings. The minimum absolute atomic E-state index is 0.0616. The number of methoxy groups -OCH3 is 1. The van der Waals surface area contributed by atoms with Crippen LogP contribution in [0.3, 0.4) is 0 Å². The van der Waals surface area contributed by atoms with Gasteiger partial charge in [-0.3, -0.25) is 9.78 Å². The van der Waals surface area contributed by atoms with Gasteiger partial charge in [-0.2, -0.15) is 4.98 Å². The number of amides is 1. The van der Waals surface area contributed by atoms with Gasteiger partial charge in [0, 0.05) is 31.5 Å². The molecule has 32 heavy (non-hydrogen) atoms. The van der Waals surface area contributed by atoms with E-state index in [2.05, 4.69) is 30.2 Å². The first kappa shape index (κ1) is 21.2. The summed E-state index contributed by atoms with van der Waals surface area (Å²) in [4.78, 5) is 31.9. The molecule has 7 N–H and O–H groups in total. The number of hydrogen-bond acceptors (Lipinski definition) is 10. The molecule has 1 aliphatic rings. The summed E-state index contributed by atoms with van der Waals surface area (Å²) in [6.45, 7) is 1.56. The summed E-state index contributed by atoms with van der Waals surface area (Å²) in [5.74, 6) is -0.145. The van der Waals surface area contributed by atoms with Gasteiger partial charge < -0.3 is 32.2 Å². The lowest BCUT2D eigenvalue weighted by Crippen LogP contribution is -2.43. The Kier molecular flexibility index (Phi) is 5.99.